The molecule has 0 spiro atoms. The van der Waals surface area contributed by atoms with Crippen LogP contribution in [0.4, 0.5) is 11.4 Å². The van der Waals surface area contributed by atoms with E-state index in [-0.39, 0.29) is 5.91 Å². The van der Waals surface area contributed by atoms with Crippen LogP contribution in [0, 0.1) is 0 Å². The molecular formula is C16H17ClN2OS. The predicted molar refractivity (Wildman–Crippen MR) is 91.6 cm³/mol. The number of para-hydroxylation sites is 2. The quantitative estimate of drug-likeness (QED) is 0.840. The van der Waals surface area contributed by atoms with Crippen molar-refractivity contribution in [1.82, 2.24) is 0 Å². The molecule has 0 aliphatic carbocycles. The molecule has 0 aliphatic rings. The standard InChI is InChI=1S/C16H17ClN2OS/c1-19(2)15-6-4-3-5-14(15)18-16(20)11-21-13-9-7-12(17)8-10-13/h3-10H,11H2,1-2H3,(H,18,20). The number of hydrogen-bond acceptors (Lipinski definition) is 3. The van der Waals surface area contributed by atoms with E-state index in [1.165, 1.54) is 11.8 Å². The van der Waals surface area contributed by atoms with Crippen LogP contribution in [0.2, 0.25) is 5.02 Å². The summed E-state index contributed by atoms with van der Waals surface area (Å²) in [5, 5.41) is 3.64. The van der Waals surface area contributed by atoms with Crippen LogP contribution >= 0.6 is 23.4 Å². The van der Waals surface area contributed by atoms with Gasteiger partial charge in [0, 0.05) is 24.0 Å². The van der Waals surface area contributed by atoms with Gasteiger partial charge in [-0.15, -0.1) is 11.8 Å². The lowest BCUT2D eigenvalue weighted by atomic mass is 10.2. The van der Waals surface area contributed by atoms with E-state index < -0.39 is 0 Å². The summed E-state index contributed by atoms with van der Waals surface area (Å²) in [6.07, 6.45) is 0. The minimum absolute atomic E-state index is 0.0238. The second-order valence-electron chi connectivity index (χ2n) is 4.70. The van der Waals surface area contributed by atoms with Crippen molar-refractivity contribution in [3.8, 4) is 0 Å². The Morgan fingerprint density at radius 2 is 1.81 bits per heavy atom. The van der Waals surface area contributed by atoms with Crippen LogP contribution in [0.1, 0.15) is 0 Å². The Morgan fingerprint density at radius 1 is 1.14 bits per heavy atom. The number of halogens is 1. The van der Waals surface area contributed by atoms with Crippen LogP contribution in [0.25, 0.3) is 0 Å². The fourth-order valence-corrected chi connectivity index (χ4v) is 2.66. The highest BCUT2D eigenvalue weighted by Crippen LogP contribution is 2.24. The van der Waals surface area contributed by atoms with Crippen molar-refractivity contribution in [1.29, 1.82) is 0 Å². The topological polar surface area (TPSA) is 32.3 Å². The molecule has 2 rings (SSSR count). The first-order chi connectivity index (χ1) is 10.1. The van der Waals surface area contributed by atoms with Crippen molar-refractivity contribution in [2.75, 3.05) is 30.1 Å². The lowest BCUT2D eigenvalue weighted by Gasteiger charge is -2.17. The molecule has 0 aliphatic heterocycles. The zero-order chi connectivity index (χ0) is 15.2. The molecule has 0 radical (unpaired) electrons. The SMILES string of the molecule is CN(C)c1ccccc1NC(=O)CSc1ccc(Cl)cc1. The van der Waals surface area contributed by atoms with Crippen LogP contribution in [0.3, 0.4) is 0 Å². The van der Waals surface area contributed by atoms with E-state index in [9.17, 15) is 4.79 Å². The number of amides is 1. The van der Waals surface area contributed by atoms with Gasteiger partial charge in [0.1, 0.15) is 0 Å². The molecule has 2 aromatic carbocycles. The van der Waals surface area contributed by atoms with Crippen molar-refractivity contribution in [3.63, 3.8) is 0 Å². The minimum atomic E-state index is -0.0238. The van der Waals surface area contributed by atoms with E-state index in [0.29, 0.717) is 10.8 Å². The first-order valence-corrected chi connectivity index (χ1v) is 7.87. The van der Waals surface area contributed by atoms with E-state index in [4.69, 9.17) is 11.6 Å². The van der Waals surface area contributed by atoms with E-state index in [0.717, 1.165) is 16.3 Å². The molecule has 110 valence electrons. The lowest BCUT2D eigenvalue weighted by Crippen LogP contribution is -2.17. The second kappa shape index (κ2) is 7.38. The third-order valence-electron chi connectivity index (χ3n) is 2.84. The summed E-state index contributed by atoms with van der Waals surface area (Å²) in [5.74, 6) is 0.341. The van der Waals surface area contributed by atoms with Gasteiger partial charge in [0.05, 0.1) is 17.1 Å². The molecule has 0 heterocycles. The molecule has 0 atom stereocenters. The number of thioether (sulfide) groups is 1. The van der Waals surface area contributed by atoms with Crippen molar-refractivity contribution in [3.05, 3.63) is 53.6 Å². The number of carbonyl (C=O) groups is 1. The number of anilines is 2. The van der Waals surface area contributed by atoms with Crippen molar-refractivity contribution in [2.45, 2.75) is 4.90 Å². The summed E-state index contributed by atoms with van der Waals surface area (Å²) in [6.45, 7) is 0. The van der Waals surface area contributed by atoms with E-state index in [2.05, 4.69) is 5.32 Å². The molecular weight excluding hydrogens is 304 g/mol. The third-order valence-corrected chi connectivity index (χ3v) is 4.11. The Labute approximate surface area is 134 Å². The van der Waals surface area contributed by atoms with Gasteiger partial charge < -0.3 is 10.2 Å². The monoisotopic (exact) mass is 320 g/mol. The highest BCUT2D eigenvalue weighted by Gasteiger charge is 2.08. The Bertz CT molecular complexity index is 614. The maximum Gasteiger partial charge on any atom is 0.234 e. The fourth-order valence-electron chi connectivity index (χ4n) is 1.84. The summed E-state index contributed by atoms with van der Waals surface area (Å²) in [4.78, 5) is 15.0. The minimum Gasteiger partial charge on any atom is -0.376 e. The highest BCUT2D eigenvalue weighted by atomic mass is 35.5. The summed E-state index contributed by atoms with van der Waals surface area (Å²) in [6, 6.07) is 15.2. The van der Waals surface area contributed by atoms with Crippen LogP contribution < -0.4 is 10.2 Å². The number of rotatable bonds is 5. The first kappa shape index (κ1) is 15.7. The maximum absolute atomic E-state index is 12.1. The Kier molecular flexibility index (Phi) is 5.53. The van der Waals surface area contributed by atoms with E-state index >= 15 is 0 Å². The number of hydrogen-bond donors (Lipinski definition) is 1. The van der Waals surface area contributed by atoms with Crippen molar-refractivity contribution >= 4 is 40.6 Å². The van der Waals surface area contributed by atoms with Gasteiger partial charge in [-0.05, 0) is 36.4 Å². The fraction of sp³-hybridized carbons (Fsp3) is 0.188. The molecule has 3 nitrogen and oxygen atoms in total. The maximum atomic E-state index is 12.1. The van der Waals surface area contributed by atoms with Gasteiger partial charge >= 0.3 is 0 Å². The third kappa shape index (κ3) is 4.69. The van der Waals surface area contributed by atoms with Crippen LogP contribution in [-0.4, -0.2) is 25.8 Å². The van der Waals surface area contributed by atoms with Gasteiger partial charge in [0.2, 0.25) is 5.91 Å². The van der Waals surface area contributed by atoms with Gasteiger partial charge in [0.25, 0.3) is 0 Å². The second-order valence-corrected chi connectivity index (χ2v) is 6.19. The van der Waals surface area contributed by atoms with Gasteiger partial charge in [-0.3, -0.25) is 4.79 Å². The zero-order valence-corrected chi connectivity index (χ0v) is 13.5. The molecule has 0 fully saturated rings. The van der Waals surface area contributed by atoms with Gasteiger partial charge in [0.15, 0.2) is 0 Å². The number of nitrogens with one attached hydrogen (secondary N) is 1. The first-order valence-electron chi connectivity index (χ1n) is 6.51. The molecule has 2 aromatic rings. The summed E-state index contributed by atoms with van der Waals surface area (Å²) >= 11 is 7.32. The van der Waals surface area contributed by atoms with Gasteiger partial charge in [-0.2, -0.15) is 0 Å². The number of carbonyl (C=O) groups excluding carboxylic acids is 1. The molecule has 1 N–H and O–H groups in total. The molecule has 0 bridgehead atoms. The molecule has 0 saturated heterocycles. The summed E-state index contributed by atoms with van der Waals surface area (Å²) in [5.41, 5.74) is 1.81. The van der Waals surface area contributed by atoms with Crippen LogP contribution in [0.5, 0.6) is 0 Å². The van der Waals surface area contributed by atoms with Gasteiger partial charge in [-0.25, -0.2) is 0 Å². The number of benzene rings is 2. The Hall–Kier alpha value is -1.65. The highest BCUT2D eigenvalue weighted by molar-refractivity contribution is 8.00. The zero-order valence-electron chi connectivity index (χ0n) is 12.0. The predicted octanol–water partition coefficient (Wildman–Crippen LogP) is 4.14. The molecule has 21 heavy (non-hydrogen) atoms. The van der Waals surface area contributed by atoms with Crippen molar-refractivity contribution in [2.24, 2.45) is 0 Å². The molecule has 1 amide bonds. The normalized spacial score (nSPS) is 10.2. The largest absolute Gasteiger partial charge is 0.376 e. The molecule has 0 unspecified atom stereocenters. The number of nitrogens with zero attached hydrogens (tertiary/aromatic N) is 1. The lowest BCUT2D eigenvalue weighted by molar-refractivity contribution is -0.113. The summed E-state index contributed by atoms with van der Waals surface area (Å²) < 4.78 is 0. The molecule has 0 aromatic heterocycles. The average molecular weight is 321 g/mol. The molecule has 0 saturated carbocycles. The van der Waals surface area contributed by atoms with Crippen LogP contribution in [-0.2, 0) is 4.79 Å². The van der Waals surface area contributed by atoms with Crippen LogP contribution in [0.15, 0.2) is 53.4 Å². The summed E-state index contributed by atoms with van der Waals surface area (Å²) in [7, 11) is 3.90. The van der Waals surface area contributed by atoms with E-state index in [1.54, 1.807) is 0 Å². The molecule has 5 heteroatoms. The van der Waals surface area contributed by atoms with Gasteiger partial charge in [-0.1, -0.05) is 23.7 Å². The smallest absolute Gasteiger partial charge is 0.234 e. The van der Waals surface area contributed by atoms with E-state index in [1.807, 2.05) is 67.5 Å². The Morgan fingerprint density at radius 3 is 2.48 bits per heavy atom. The van der Waals surface area contributed by atoms with Crippen molar-refractivity contribution < 1.29 is 4.79 Å². The average Bonchev–Trinajstić information content (AvgIpc) is 2.47. The Balaban J connectivity index is 1.94.